The van der Waals surface area contributed by atoms with Crippen LogP contribution in [0.4, 0.5) is 5.82 Å². The molecular weight excluding hydrogens is 480 g/mol. The van der Waals surface area contributed by atoms with Gasteiger partial charge in [0.25, 0.3) is 0 Å². The minimum Gasteiger partial charge on any atom is -0.343 e. The van der Waals surface area contributed by atoms with Crippen LogP contribution in [0, 0.1) is 0 Å². The highest BCUT2D eigenvalue weighted by molar-refractivity contribution is 5.98. The summed E-state index contributed by atoms with van der Waals surface area (Å²) in [6, 6.07) is 17.6. The third-order valence-corrected chi connectivity index (χ3v) is 6.83. The predicted octanol–water partition coefficient (Wildman–Crippen LogP) is 1.16. The van der Waals surface area contributed by atoms with Gasteiger partial charge in [0.2, 0.25) is 11.8 Å². The molecule has 2 atom stereocenters. The molecular formula is C28H41N8O2+. The molecule has 0 bridgehead atoms. The SMILES string of the molecule is C[N+](CCN)(CCN)CCC[C@H](N)C(=O)N[C@@H](CCc1ccccc1)C(=O)Nc1cc2ccccc2nn1. The first-order valence-electron chi connectivity index (χ1n) is 13.2. The number of fused-ring (bicyclic) bond motifs is 1. The maximum atomic E-state index is 13.3. The largest absolute Gasteiger partial charge is 0.343 e. The van der Waals surface area contributed by atoms with Crippen LogP contribution in [0.25, 0.3) is 10.9 Å². The molecule has 0 saturated heterocycles. The fourth-order valence-corrected chi connectivity index (χ4v) is 4.54. The highest BCUT2D eigenvalue weighted by Gasteiger charge is 2.26. The Bertz CT molecular complexity index is 1170. The van der Waals surface area contributed by atoms with Crippen molar-refractivity contribution in [1.29, 1.82) is 0 Å². The van der Waals surface area contributed by atoms with E-state index in [1.54, 1.807) is 6.07 Å². The molecule has 2 aromatic carbocycles. The van der Waals surface area contributed by atoms with Crippen LogP contribution in [-0.2, 0) is 16.0 Å². The number of likely N-dealkylation sites (N-methyl/N-ethyl adjacent to an activating group) is 1. The lowest BCUT2D eigenvalue weighted by Crippen LogP contribution is -2.52. The Morgan fingerprint density at radius 1 is 0.895 bits per heavy atom. The van der Waals surface area contributed by atoms with Crippen molar-refractivity contribution in [2.24, 2.45) is 17.2 Å². The molecule has 0 aliphatic rings. The third kappa shape index (κ3) is 8.84. The van der Waals surface area contributed by atoms with Gasteiger partial charge in [0.1, 0.15) is 6.04 Å². The minimum atomic E-state index is -0.780. The number of amides is 2. The van der Waals surface area contributed by atoms with Crippen molar-refractivity contribution in [3.63, 3.8) is 0 Å². The molecule has 3 aromatic rings. The average molecular weight is 522 g/mol. The smallest absolute Gasteiger partial charge is 0.248 e. The molecule has 0 aliphatic heterocycles. The van der Waals surface area contributed by atoms with E-state index < -0.39 is 12.1 Å². The van der Waals surface area contributed by atoms with E-state index in [-0.39, 0.29) is 11.8 Å². The van der Waals surface area contributed by atoms with Crippen molar-refractivity contribution in [3.05, 3.63) is 66.2 Å². The molecule has 10 heteroatoms. The number of nitrogens with zero attached hydrogens (tertiary/aromatic N) is 3. The monoisotopic (exact) mass is 521 g/mol. The first kappa shape index (κ1) is 29.1. The van der Waals surface area contributed by atoms with Crippen LogP contribution >= 0.6 is 0 Å². The van der Waals surface area contributed by atoms with Gasteiger partial charge in [-0.3, -0.25) is 9.59 Å². The molecule has 8 N–H and O–H groups in total. The molecule has 0 fully saturated rings. The summed E-state index contributed by atoms with van der Waals surface area (Å²) in [4.78, 5) is 26.3. The molecule has 0 radical (unpaired) electrons. The molecule has 0 aliphatic carbocycles. The van der Waals surface area contributed by atoms with E-state index in [0.29, 0.717) is 38.2 Å². The Balaban J connectivity index is 1.63. The Morgan fingerprint density at radius 2 is 1.58 bits per heavy atom. The van der Waals surface area contributed by atoms with E-state index in [4.69, 9.17) is 17.2 Å². The highest BCUT2D eigenvalue weighted by atomic mass is 16.2. The van der Waals surface area contributed by atoms with Gasteiger partial charge < -0.3 is 32.3 Å². The summed E-state index contributed by atoms with van der Waals surface area (Å²) in [7, 11) is 2.12. The zero-order valence-electron chi connectivity index (χ0n) is 22.2. The molecule has 204 valence electrons. The number of nitrogens with two attached hydrogens (primary N) is 3. The number of carbonyl (C=O) groups excluding carboxylic acids is 2. The van der Waals surface area contributed by atoms with Crippen LogP contribution in [0.5, 0.6) is 0 Å². The van der Waals surface area contributed by atoms with Gasteiger partial charge in [0, 0.05) is 18.5 Å². The zero-order valence-corrected chi connectivity index (χ0v) is 22.2. The maximum absolute atomic E-state index is 13.3. The molecule has 1 heterocycles. The van der Waals surface area contributed by atoms with Crippen molar-refractivity contribution in [2.75, 3.05) is 45.1 Å². The average Bonchev–Trinajstić information content (AvgIpc) is 2.91. The topological polar surface area (TPSA) is 162 Å². The maximum Gasteiger partial charge on any atom is 0.248 e. The Labute approximate surface area is 224 Å². The Kier molecular flexibility index (Phi) is 11.1. The Morgan fingerprint density at radius 3 is 2.29 bits per heavy atom. The number of aryl methyl sites for hydroxylation is 1. The summed E-state index contributed by atoms with van der Waals surface area (Å²) in [5.74, 6) is -0.385. The second-order valence-corrected chi connectivity index (χ2v) is 9.98. The third-order valence-electron chi connectivity index (χ3n) is 6.83. The van der Waals surface area contributed by atoms with E-state index in [9.17, 15) is 9.59 Å². The minimum absolute atomic E-state index is 0.328. The van der Waals surface area contributed by atoms with Gasteiger partial charge in [-0.25, -0.2) is 0 Å². The molecule has 0 unspecified atom stereocenters. The number of quaternary nitrogens is 1. The van der Waals surface area contributed by atoms with Crippen LogP contribution in [0.3, 0.4) is 0 Å². The van der Waals surface area contributed by atoms with Crippen LogP contribution < -0.4 is 27.8 Å². The van der Waals surface area contributed by atoms with E-state index in [2.05, 4.69) is 27.9 Å². The lowest BCUT2D eigenvalue weighted by atomic mass is 10.0. The normalized spacial score (nSPS) is 13.2. The number of nitrogens with one attached hydrogen (secondary N) is 2. The van der Waals surface area contributed by atoms with Gasteiger partial charge in [-0.15, -0.1) is 10.2 Å². The quantitative estimate of drug-likeness (QED) is 0.187. The zero-order chi connectivity index (χ0) is 27.4. The Hall–Kier alpha value is -3.44. The predicted molar refractivity (Wildman–Crippen MR) is 151 cm³/mol. The fraction of sp³-hybridized carbons (Fsp3) is 0.429. The van der Waals surface area contributed by atoms with Crippen molar-refractivity contribution in [1.82, 2.24) is 15.5 Å². The number of benzene rings is 2. The van der Waals surface area contributed by atoms with E-state index in [1.807, 2.05) is 54.6 Å². The highest BCUT2D eigenvalue weighted by Crippen LogP contribution is 2.15. The lowest BCUT2D eigenvalue weighted by Gasteiger charge is -2.34. The van der Waals surface area contributed by atoms with Gasteiger partial charge in [-0.2, -0.15) is 0 Å². The first-order valence-corrected chi connectivity index (χ1v) is 13.2. The number of rotatable bonds is 15. The first-order chi connectivity index (χ1) is 18.3. The summed E-state index contributed by atoms with van der Waals surface area (Å²) in [6.45, 7) is 3.61. The summed E-state index contributed by atoms with van der Waals surface area (Å²) < 4.78 is 0.746. The molecule has 0 spiro atoms. The van der Waals surface area contributed by atoms with E-state index in [1.165, 1.54) is 0 Å². The molecule has 1 aromatic heterocycles. The van der Waals surface area contributed by atoms with Crippen LogP contribution in [0.1, 0.15) is 24.8 Å². The van der Waals surface area contributed by atoms with Gasteiger partial charge in [-0.1, -0.05) is 48.5 Å². The van der Waals surface area contributed by atoms with Gasteiger partial charge >= 0.3 is 0 Å². The number of anilines is 1. The van der Waals surface area contributed by atoms with Crippen LogP contribution in [-0.4, -0.2) is 78.3 Å². The van der Waals surface area contributed by atoms with E-state index >= 15 is 0 Å². The van der Waals surface area contributed by atoms with Gasteiger partial charge in [0.05, 0.1) is 38.2 Å². The molecule has 38 heavy (non-hydrogen) atoms. The lowest BCUT2D eigenvalue weighted by molar-refractivity contribution is -0.907. The van der Waals surface area contributed by atoms with Crippen LogP contribution in [0.2, 0.25) is 0 Å². The fourth-order valence-electron chi connectivity index (χ4n) is 4.54. The summed E-state index contributed by atoms with van der Waals surface area (Å²) >= 11 is 0. The summed E-state index contributed by atoms with van der Waals surface area (Å²) in [5.41, 5.74) is 19.6. The van der Waals surface area contributed by atoms with Crippen molar-refractivity contribution in [3.8, 4) is 0 Å². The molecule has 2 amide bonds. The van der Waals surface area contributed by atoms with Crippen molar-refractivity contribution >= 4 is 28.5 Å². The van der Waals surface area contributed by atoms with Crippen molar-refractivity contribution in [2.45, 2.75) is 37.8 Å². The van der Waals surface area contributed by atoms with Crippen molar-refractivity contribution < 1.29 is 14.1 Å². The molecule has 10 nitrogen and oxygen atoms in total. The van der Waals surface area contributed by atoms with Gasteiger partial charge in [-0.05, 0) is 43.4 Å². The molecule has 0 saturated carbocycles. The standard InChI is InChI=1S/C28H40N8O2/c1-36(18-15-29,19-16-30)17-7-11-23(31)27(37)32-25(14-13-21-8-3-2-4-9-21)28(38)33-26-20-22-10-5-6-12-24(22)34-35-26/h2-6,8-10,12,20,23,25H,7,11,13-19,29-31H2,1H3,(H-,32,33,35,37,38)/p+1/t23-,25-/m0/s1. The number of hydrogen-bond acceptors (Lipinski definition) is 7. The second kappa shape index (κ2) is 14.5. The summed E-state index contributed by atoms with van der Waals surface area (Å²) in [6.07, 6.45) is 2.28. The van der Waals surface area contributed by atoms with Crippen LogP contribution in [0.15, 0.2) is 60.7 Å². The van der Waals surface area contributed by atoms with E-state index in [0.717, 1.165) is 47.0 Å². The summed E-state index contributed by atoms with van der Waals surface area (Å²) in [5, 5.41) is 14.8. The molecule has 3 rings (SSSR count). The van der Waals surface area contributed by atoms with Gasteiger partial charge in [0.15, 0.2) is 5.82 Å². The number of hydrogen-bond donors (Lipinski definition) is 5. The number of aromatic nitrogens is 2. The number of carbonyl (C=O) groups is 2. The second-order valence-electron chi connectivity index (χ2n) is 9.98.